The van der Waals surface area contributed by atoms with Gasteiger partial charge in [0.15, 0.2) is 0 Å². The highest BCUT2D eigenvalue weighted by Gasteiger charge is 2.16. The third-order valence-corrected chi connectivity index (χ3v) is 3.20. The fourth-order valence-electron chi connectivity index (χ4n) is 2.12. The van der Waals surface area contributed by atoms with Crippen molar-refractivity contribution in [1.29, 1.82) is 0 Å². The van der Waals surface area contributed by atoms with Crippen LogP contribution in [0.15, 0.2) is 18.2 Å². The molecule has 88 valence electrons. The number of aromatic nitrogens is 1. The SMILES string of the molecule is CCNc1cccc(N2CCC(C)CC2)n1. The van der Waals surface area contributed by atoms with Gasteiger partial charge in [-0.05, 0) is 37.8 Å². The van der Waals surface area contributed by atoms with Gasteiger partial charge in [0, 0.05) is 19.6 Å². The third kappa shape index (κ3) is 2.65. The summed E-state index contributed by atoms with van der Waals surface area (Å²) in [4.78, 5) is 7.02. The van der Waals surface area contributed by atoms with Gasteiger partial charge in [-0.15, -0.1) is 0 Å². The molecule has 0 spiro atoms. The van der Waals surface area contributed by atoms with Gasteiger partial charge in [-0.1, -0.05) is 13.0 Å². The molecule has 16 heavy (non-hydrogen) atoms. The molecule has 0 amide bonds. The van der Waals surface area contributed by atoms with E-state index in [2.05, 4.69) is 41.2 Å². The van der Waals surface area contributed by atoms with E-state index in [1.165, 1.54) is 12.8 Å². The molecule has 0 aromatic carbocycles. The van der Waals surface area contributed by atoms with Crippen LogP contribution in [0.25, 0.3) is 0 Å². The zero-order chi connectivity index (χ0) is 11.4. The molecule has 1 fully saturated rings. The van der Waals surface area contributed by atoms with Gasteiger partial charge >= 0.3 is 0 Å². The average molecular weight is 219 g/mol. The standard InChI is InChI=1S/C13H21N3/c1-3-14-12-5-4-6-13(15-12)16-9-7-11(2)8-10-16/h4-6,11H,3,7-10H2,1-2H3,(H,14,15). The second kappa shape index (κ2) is 5.19. The highest BCUT2D eigenvalue weighted by Crippen LogP contribution is 2.22. The smallest absolute Gasteiger partial charge is 0.130 e. The monoisotopic (exact) mass is 219 g/mol. The maximum absolute atomic E-state index is 4.63. The first kappa shape index (κ1) is 11.2. The molecule has 1 aliphatic heterocycles. The molecule has 2 rings (SSSR count). The van der Waals surface area contributed by atoms with Crippen LogP contribution in [-0.4, -0.2) is 24.6 Å². The summed E-state index contributed by atoms with van der Waals surface area (Å²) in [5.74, 6) is 2.97. The minimum absolute atomic E-state index is 0.869. The molecule has 1 aromatic rings. The summed E-state index contributed by atoms with van der Waals surface area (Å²) in [6, 6.07) is 6.22. The highest BCUT2D eigenvalue weighted by atomic mass is 15.2. The van der Waals surface area contributed by atoms with Crippen LogP contribution in [0, 0.1) is 5.92 Å². The molecular weight excluding hydrogens is 198 g/mol. The molecule has 1 aromatic heterocycles. The lowest BCUT2D eigenvalue weighted by molar-refractivity contribution is 0.436. The van der Waals surface area contributed by atoms with Crippen molar-refractivity contribution in [3.8, 4) is 0 Å². The zero-order valence-corrected chi connectivity index (χ0v) is 10.2. The topological polar surface area (TPSA) is 28.2 Å². The summed E-state index contributed by atoms with van der Waals surface area (Å²) in [7, 11) is 0. The molecule has 0 atom stereocenters. The normalized spacial score (nSPS) is 17.5. The van der Waals surface area contributed by atoms with E-state index in [9.17, 15) is 0 Å². The summed E-state index contributed by atoms with van der Waals surface area (Å²) >= 11 is 0. The van der Waals surface area contributed by atoms with Gasteiger partial charge in [0.25, 0.3) is 0 Å². The summed E-state index contributed by atoms with van der Waals surface area (Å²) in [5, 5.41) is 3.26. The predicted octanol–water partition coefficient (Wildman–Crippen LogP) is 2.75. The molecule has 0 unspecified atom stereocenters. The Balaban J connectivity index is 2.05. The number of pyridine rings is 1. The van der Waals surface area contributed by atoms with E-state index in [4.69, 9.17) is 0 Å². The zero-order valence-electron chi connectivity index (χ0n) is 10.2. The van der Waals surface area contributed by atoms with Crippen molar-refractivity contribution >= 4 is 11.6 Å². The summed E-state index contributed by atoms with van der Waals surface area (Å²) in [6.45, 7) is 7.64. The highest BCUT2D eigenvalue weighted by molar-refractivity contribution is 5.47. The van der Waals surface area contributed by atoms with Crippen molar-refractivity contribution in [3.05, 3.63) is 18.2 Å². The van der Waals surface area contributed by atoms with Crippen molar-refractivity contribution in [3.63, 3.8) is 0 Å². The van der Waals surface area contributed by atoms with Gasteiger partial charge < -0.3 is 10.2 Å². The van der Waals surface area contributed by atoms with Crippen molar-refractivity contribution < 1.29 is 0 Å². The molecule has 0 saturated carbocycles. The van der Waals surface area contributed by atoms with Crippen LogP contribution in [0.5, 0.6) is 0 Å². The van der Waals surface area contributed by atoms with Crippen molar-refractivity contribution in [2.75, 3.05) is 29.9 Å². The number of nitrogens with one attached hydrogen (secondary N) is 1. The number of hydrogen-bond donors (Lipinski definition) is 1. The number of nitrogens with zero attached hydrogens (tertiary/aromatic N) is 2. The predicted molar refractivity (Wildman–Crippen MR) is 69.0 cm³/mol. The maximum atomic E-state index is 4.63. The molecule has 1 aliphatic rings. The van der Waals surface area contributed by atoms with Gasteiger partial charge in [-0.2, -0.15) is 0 Å². The summed E-state index contributed by atoms with van der Waals surface area (Å²) < 4.78 is 0. The summed E-state index contributed by atoms with van der Waals surface area (Å²) in [5.41, 5.74) is 0. The Kier molecular flexibility index (Phi) is 3.65. The van der Waals surface area contributed by atoms with Crippen LogP contribution in [0.4, 0.5) is 11.6 Å². The lowest BCUT2D eigenvalue weighted by atomic mass is 9.99. The van der Waals surface area contributed by atoms with E-state index in [0.29, 0.717) is 0 Å². The maximum Gasteiger partial charge on any atom is 0.130 e. The third-order valence-electron chi connectivity index (χ3n) is 3.20. The van der Waals surface area contributed by atoms with E-state index >= 15 is 0 Å². The molecule has 1 N–H and O–H groups in total. The molecule has 0 radical (unpaired) electrons. The number of rotatable bonds is 3. The van der Waals surface area contributed by atoms with Crippen LogP contribution in [0.2, 0.25) is 0 Å². The van der Waals surface area contributed by atoms with E-state index in [1.807, 2.05) is 6.07 Å². The van der Waals surface area contributed by atoms with Crippen LogP contribution >= 0.6 is 0 Å². The molecule has 2 heterocycles. The van der Waals surface area contributed by atoms with Gasteiger partial charge in [0.2, 0.25) is 0 Å². The average Bonchev–Trinajstić information content (AvgIpc) is 2.31. The molecule has 1 saturated heterocycles. The van der Waals surface area contributed by atoms with Gasteiger partial charge in [0.1, 0.15) is 11.6 Å². The molecule has 0 aliphatic carbocycles. The first-order valence-corrected chi connectivity index (χ1v) is 6.25. The second-order valence-corrected chi connectivity index (χ2v) is 4.58. The minimum atomic E-state index is 0.869. The molecule has 3 heteroatoms. The van der Waals surface area contributed by atoms with Crippen LogP contribution in [0.1, 0.15) is 26.7 Å². The van der Waals surface area contributed by atoms with Crippen molar-refractivity contribution in [1.82, 2.24) is 4.98 Å². The first-order chi connectivity index (χ1) is 7.79. The van der Waals surface area contributed by atoms with Crippen LogP contribution in [0.3, 0.4) is 0 Å². The van der Waals surface area contributed by atoms with E-state index in [1.54, 1.807) is 0 Å². The Morgan fingerprint density at radius 3 is 2.81 bits per heavy atom. The Bertz CT molecular complexity index is 330. The number of anilines is 2. The van der Waals surface area contributed by atoms with Gasteiger partial charge in [-0.3, -0.25) is 0 Å². The Morgan fingerprint density at radius 1 is 1.38 bits per heavy atom. The second-order valence-electron chi connectivity index (χ2n) is 4.58. The van der Waals surface area contributed by atoms with Crippen LogP contribution in [-0.2, 0) is 0 Å². The number of hydrogen-bond acceptors (Lipinski definition) is 3. The van der Waals surface area contributed by atoms with Gasteiger partial charge in [-0.25, -0.2) is 4.98 Å². The molecule has 0 bridgehead atoms. The van der Waals surface area contributed by atoms with Crippen LogP contribution < -0.4 is 10.2 Å². The van der Waals surface area contributed by atoms with Crippen molar-refractivity contribution in [2.24, 2.45) is 5.92 Å². The number of piperidine rings is 1. The van der Waals surface area contributed by atoms with E-state index in [0.717, 1.165) is 37.2 Å². The fourth-order valence-corrected chi connectivity index (χ4v) is 2.12. The van der Waals surface area contributed by atoms with Gasteiger partial charge in [0.05, 0.1) is 0 Å². The Morgan fingerprint density at radius 2 is 2.12 bits per heavy atom. The summed E-state index contributed by atoms with van der Waals surface area (Å²) in [6.07, 6.45) is 2.57. The lowest BCUT2D eigenvalue weighted by Crippen LogP contribution is -2.33. The van der Waals surface area contributed by atoms with E-state index in [-0.39, 0.29) is 0 Å². The molecular formula is C13H21N3. The first-order valence-electron chi connectivity index (χ1n) is 6.25. The fraction of sp³-hybridized carbons (Fsp3) is 0.615. The Hall–Kier alpha value is -1.25. The van der Waals surface area contributed by atoms with E-state index < -0.39 is 0 Å². The quantitative estimate of drug-likeness (QED) is 0.847. The largest absolute Gasteiger partial charge is 0.370 e. The minimum Gasteiger partial charge on any atom is -0.370 e. The lowest BCUT2D eigenvalue weighted by Gasteiger charge is -2.31. The molecule has 3 nitrogen and oxygen atoms in total. The Labute approximate surface area is 97.9 Å². The van der Waals surface area contributed by atoms with Crippen molar-refractivity contribution in [2.45, 2.75) is 26.7 Å².